The van der Waals surface area contributed by atoms with Gasteiger partial charge >= 0.3 is 0 Å². The van der Waals surface area contributed by atoms with Crippen molar-refractivity contribution in [3.8, 4) is 0 Å². The van der Waals surface area contributed by atoms with Crippen molar-refractivity contribution in [2.24, 2.45) is 0 Å². The quantitative estimate of drug-likeness (QED) is 0.943. The van der Waals surface area contributed by atoms with E-state index in [1.165, 1.54) is 0 Å². The van der Waals surface area contributed by atoms with Crippen molar-refractivity contribution >= 4 is 17.5 Å². The Labute approximate surface area is 141 Å². The number of nitrogens with one attached hydrogen (secondary N) is 1. The van der Waals surface area contributed by atoms with Crippen LogP contribution in [0.25, 0.3) is 0 Å². The van der Waals surface area contributed by atoms with Crippen molar-refractivity contribution in [1.82, 2.24) is 9.88 Å². The second-order valence-corrected chi connectivity index (χ2v) is 6.11. The number of pyridine rings is 1. The van der Waals surface area contributed by atoms with Gasteiger partial charge in [0.1, 0.15) is 11.4 Å². The molecule has 2 amide bonds. The molecule has 24 heavy (non-hydrogen) atoms. The minimum atomic E-state index is -0.306. The van der Waals surface area contributed by atoms with Crippen LogP contribution in [0, 0.1) is 13.8 Å². The molecule has 1 saturated heterocycles. The van der Waals surface area contributed by atoms with E-state index in [4.69, 9.17) is 0 Å². The zero-order valence-corrected chi connectivity index (χ0v) is 14.0. The molecule has 0 radical (unpaired) electrons. The van der Waals surface area contributed by atoms with Gasteiger partial charge < -0.3 is 10.2 Å². The highest BCUT2D eigenvalue weighted by Gasteiger charge is 2.21. The number of carbonyl (C=O) groups is 2. The molecule has 0 saturated carbocycles. The number of aromatic nitrogens is 1. The Morgan fingerprint density at radius 1 is 1.00 bits per heavy atom. The minimum absolute atomic E-state index is 0.103. The van der Waals surface area contributed by atoms with Crippen LogP contribution in [-0.4, -0.2) is 34.8 Å². The van der Waals surface area contributed by atoms with Crippen LogP contribution in [-0.2, 0) is 0 Å². The van der Waals surface area contributed by atoms with Crippen LogP contribution in [0.3, 0.4) is 0 Å². The number of nitrogens with zero attached hydrogens (tertiary/aromatic N) is 2. The van der Waals surface area contributed by atoms with Gasteiger partial charge in [0.05, 0.1) is 0 Å². The lowest BCUT2D eigenvalue weighted by atomic mass is 10.1. The van der Waals surface area contributed by atoms with Crippen LogP contribution in [0.4, 0.5) is 5.69 Å². The van der Waals surface area contributed by atoms with E-state index in [2.05, 4.69) is 10.3 Å². The SMILES string of the molecule is Cc1cccc(NC(=O)c2cccc(C(=O)N3CCCC3)n2)c1C. The first kappa shape index (κ1) is 16.2. The summed E-state index contributed by atoms with van der Waals surface area (Å²) in [4.78, 5) is 30.9. The third-order valence-electron chi connectivity index (χ3n) is 4.45. The monoisotopic (exact) mass is 323 g/mol. The summed E-state index contributed by atoms with van der Waals surface area (Å²) in [6.07, 6.45) is 2.05. The maximum atomic E-state index is 12.5. The van der Waals surface area contributed by atoms with Crippen molar-refractivity contribution < 1.29 is 9.59 Å². The molecular weight excluding hydrogens is 302 g/mol. The van der Waals surface area contributed by atoms with E-state index >= 15 is 0 Å². The van der Waals surface area contributed by atoms with Crippen LogP contribution in [0.1, 0.15) is 44.9 Å². The Morgan fingerprint density at radius 3 is 2.42 bits per heavy atom. The number of carbonyl (C=O) groups excluding carboxylic acids is 2. The molecule has 124 valence electrons. The zero-order chi connectivity index (χ0) is 17.1. The Hall–Kier alpha value is -2.69. The molecule has 5 heteroatoms. The summed E-state index contributed by atoms with van der Waals surface area (Å²) in [5, 5.41) is 2.88. The molecule has 5 nitrogen and oxygen atoms in total. The Balaban J connectivity index is 1.79. The van der Waals surface area contributed by atoms with Crippen LogP contribution >= 0.6 is 0 Å². The number of likely N-dealkylation sites (tertiary alicyclic amines) is 1. The van der Waals surface area contributed by atoms with Crippen LogP contribution in [0.15, 0.2) is 36.4 Å². The second-order valence-electron chi connectivity index (χ2n) is 6.11. The molecular formula is C19H21N3O2. The highest BCUT2D eigenvalue weighted by Crippen LogP contribution is 2.19. The molecule has 1 fully saturated rings. The topological polar surface area (TPSA) is 62.3 Å². The first-order chi connectivity index (χ1) is 11.6. The molecule has 3 rings (SSSR count). The number of amides is 2. The number of hydrogen-bond donors (Lipinski definition) is 1. The van der Waals surface area contributed by atoms with E-state index in [0.717, 1.165) is 42.7 Å². The molecule has 0 aliphatic carbocycles. The lowest BCUT2D eigenvalue weighted by Gasteiger charge is -2.15. The molecule has 0 spiro atoms. The van der Waals surface area contributed by atoms with Crippen molar-refractivity contribution in [2.45, 2.75) is 26.7 Å². The lowest BCUT2D eigenvalue weighted by molar-refractivity contribution is 0.0787. The number of rotatable bonds is 3. The molecule has 1 aliphatic rings. The first-order valence-corrected chi connectivity index (χ1v) is 8.20. The lowest BCUT2D eigenvalue weighted by Crippen LogP contribution is -2.29. The Morgan fingerprint density at radius 2 is 1.67 bits per heavy atom. The van der Waals surface area contributed by atoms with Crippen molar-refractivity contribution in [3.05, 3.63) is 58.9 Å². The summed E-state index contributed by atoms with van der Waals surface area (Å²) < 4.78 is 0. The molecule has 0 atom stereocenters. The summed E-state index contributed by atoms with van der Waals surface area (Å²) in [7, 11) is 0. The molecule has 2 heterocycles. The molecule has 1 aromatic carbocycles. The summed E-state index contributed by atoms with van der Waals surface area (Å²) in [6, 6.07) is 10.8. The summed E-state index contributed by atoms with van der Waals surface area (Å²) in [5.41, 5.74) is 3.47. The van der Waals surface area contributed by atoms with Gasteiger partial charge in [-0.3, -0.25) is 9.59 Å². The van der Waals surface area contributed by atoms with E-state index in [0.29, 0.717) is 5.69 Å². The zero-order valence-electron chi connectivity index (χ0n) is 14.0. The van der Waals surface area contributed by atoms with E-state index in [1.807, 2.05) is 32.0 Å². The molecule has 0 bridgehead atoms. The largest absolute Gasteiger partial charge is 0.337 e. The van der Waals surface area contributed by atoms with Gasteiger partial charge in [-0.25, -0.2) is 4.98 Å². The van der Waals surface area contributed by atoms with E-state index in [-0.39, 0.29) is 17.5 Å². The van der Waals surface area contributed by atoms with Crippen molar-refractivity contribution in [3.63, 3.8) is 0 Å². The number of aryl methyl sites for hydroxylation is 1. The molecule has 1 N–H and O–H groups in total. The van der Waals surface area contributed by atoms with Gasteiger partial charge in [-0.15, -0.1) is 0 Å². The van der Waals surface area contributed by atoms with Gasteiger partial charge in [-0.1, -0.05) is 18.2 Å². The van der Waals surface area contributed by atoms with Crippen LogP contribution < -0.4 is 5.32 Å². The summed E-state index contributed by atoms with van der Waals surface area (Å²) >= 11 is 0. The van der Waals surface area contributed by atoms with E-state index in [1.54, 1.807) is 23.1 Å². The maximum absolute atomic E-state index is 12.5. The van der Waals surface area contributed by atoms with Gasteiger partial charge in [0, 0.05) is 18.8 Å². The fraction of sp³-hybridized carbons (Fsp3) is 0.316. The van der Waals surface area contributed by atoms with E-state index < -0.39 is 0 Å². The Kier molecular flexibility index (Phi) is 4.60. The highest BCUT2D eigenvalue weighted by molar-refractivity contribution is 6.04. The molecule has 2 aromatic rings. The average Bonchev–Trinajstić information content (AvgIpc) is 3.13. The first-order valence-electron chi connectivity index (χ1n) is 8.20. The highest BCUT2D eigenvalue weighted by atomic mass is 16.2. The van der Waals surface area contributed by atoms with Gasteiger partial charge in [-0.05, 0) is 56.0 Å². The van der Waals surface area contributed by atoms with Gasteiger partial charge in [0.25, 0.3) is 11.8 Å². The minimum Gasteiger partial charge on any atom is -0.337 e. The maximum Gasteiger partial charge on any atom is 0.274 e. The summed E-state index contributed by atoms with van der Waals surface area (Å²) in [5.74, 6) is -0.409. The Bertz CT molecular complexity index is 780. The average molecular weight is 323 g/mol. The van der Waals surface area contributed by atoms with Gasteiger partial charge in [0.15, 0.2) is 0 Å². The van der Waals surface area contributed by atoms with Crippen LogP contribution in [0.2, 0.25) is 0 Å². The number of anilines is 1. The summed E-state index contributed by atoms with van der Waals surface area (Å²) in [6.45, 7) is 5.49. The van der Waals surface area contributed by atoms with Crippen molar-refractivity contribution in [1.29, 1.82) is 0 Å². The molecule has 1 aromatic heterocycles. The second kappa shape index (κ2) is 6.83. The third-order valence-corrected chi connectivity index (χ3v) is 4.45. The van der Waals surface area contributed by atoms with E-state index in [9.17, 15) is 9.59 Å². The third kappa shape index (κ3) is 3.30. The molecule has 0 unspecified atom stereocenters. The number of benzene rings is 1. The van der Waals surface area contributed by atoms with Gasteiger partial charge in [-0.2, -0.15) is 0 Å². The smallest absolute Gasteiger partial charge is 0.274 e. The van der Waals surface area contributed by atoms with Crippen LogP contribution in [0.5, 0.6) is 0 Å². The normalized spacial score (nSPS) is 13.8. The number of hydrogen-bond acceptors (Lipinski definition) is 3. The predicted octanol–water partition coefficient (Wildman–Crippen LogP) is 3.19. The predicted molar refractivity (Wildman–Crippen MR) is 93.2 cm³/mol. The fourth-order valence-electron chi connectivity index (χ4n) is 2.84. The fourth-order valence-corrected chi connectivity index (χ4v) is 2.84. The van der Waals surface area contributed by atoms with Crippen molar-refractivity contribution in [2.75, 3.05) is 18.4 Å². The standard InChI is InChI=1S/C19H21N3O2/c1-13-7-5-8-15(14(13)2)21-18(23)16-9-6-10-17(20-16)19(24)22-11-3-4-12-22/h5-10H,3-4,11-12H2,1-2H3,(H,21,23). The molecule has 1 aliphatic heterocycles. The van der Waals surface area contributed by atoms with Gasteiger partial charge in [0.2, 0.25) is 0 Å².